The Morgan fingerprint density at radius 1 is 0.897 bits per heavy atom. The summed E-state index contributed by atoms with van der Waals surface area (Å²) in [6, 6.07) is 8.38. The second-order valence-corrected chi connectivity index (χ2v) is 10.4. The van der Waals surface area contributed by atoms with Gasteiger partial charge in [-0.25, -0.2) is 21.2 Å². The lowest BCUT2D eigenvalue weighted by atomic mass is 10.2. The van der Waals surface area contributed by atoms with Crippen LogP contribution in [0.1, 0.15) is 25.7 Å². The Morgan fingerprint density at radius 3 is 2.07 bits per heavy atom. The molecular weight excluding hydrogens is 419 g/mol. The molecule has 0 unspecified atom stereocenters. The SMILES string of the molecule is COc1ccc(S(=O)(=O)N2CCCCCC2)cc1NS(=O)(=O)c1ccc(F)cc1. The Balaban J connectivity index is 1.96. The van der Waals surface area contributed by atoms with E-state index in [9.17, 15) is 21.2 Å². The fraction of sp³-hybridized carbons (Fsp3) is 0.368. The molecule has 0 spiro atoms. The van der Waals surface area contributed by atoms with Crippen molar-refractivity contribution < 1.29 is 26.0 Å². The molecule has 1 saturated heterocycles. The summed E-state index contributed by atoms with van der Waals surface area (Å²) in [5.41, 5.74) is -0.00674. The highest BCUT2D eigenvalue weighted by molar-refractivity contribution is 7.92. The number of rotatable bonds is 6. The molecule has 1 N–H and O–H groups in total. The maximum Gasteiger partial charge on any atom is 0.262 e. The Morgan fingerprint density at radius 2 is 1.48 bits per heavy atom. The molecule has 3 rings (SSSR count). The van der Waals surface area contributed by atoms with Crippen LogP contribution in [0.2, 0.25) is 0 Å². The molecule has 0 radical (unpaired) electrons. The molecule has 0 aliphatic carbocycles. The van der Waals surface area contributed by atoms with E-state index in [4.69, 9.17) is 4.74 Å². The van der Waals surface area contributed by atoms with E-state index < -0.39 is 25.9 Å². The zero-order valence-electron chi connectivity index (χ0n) is 16.0. The van der Waals surface area contributed by atoms with E-state index in [-0.39, 0.29) is 21.2 Å². The lowest BCUT2D eigenvalue weighted by Gasteiger charge is -2.21. The van der Waals surface area contributed by atoms with Crippen LogP contribution in [0, 0.1) is 5.82 Å². The van der Waals surface area contributed by atoms with Crippen LogP contribution in [-0.2, 0) is 20.0 Å². The molecule has 0 atom stereocenters. The van der Waals surface area contributed by atoms with E-state index in [0.717, 1.165) is 49.9 Å². The number of benzene rings is 2. The molecule has 0 saturated carbocycles. The number of anilines is 1. The highest BCUT2D eigenvalue weighted by atomic mass is 32.2. The molecule has 2 aromatic rings. The molecule has 7 nitrogen and oxygen atoms in total. The standard InChI is InChI=1S/C19H23FN2O5S2/c1-27-19-11-10-17(29(25,26)22-12-4-2-3-5-13-22)14-18(19)21-28(23,24)16-8-6-15(20)7-9-16/h6-11,14,21H,2-5,12-13H2,1H3. The summed E-state index contributed by atoms with van der Waals surface area (Å²) in [6.45, 7) is 0.871. The number of hydrogen-bond donors (Lipinski definition) is 1. The summed E-state index contributed by atoms with van der Waals surface area (Å²) in [4.78, 5) is -0.168. The summed E-state index contributed by atoms with van der Waals surface area (Å²) in [6.07, 6.45) is 3.55. The quantitative estimate of drug-likeness (QED) is 0.742. The van der Waals surface area contributed by atoms with Gasteiger partial charge in [-0.3, -0.25) is 4.72 Å². The van der Waals surface area contributed by atoms with E-state index in [0.29, 0.717) is 13.1 Å². The van der Waals surface area contributed by atoms with Crippen LogP contribution in [0.3, 0.4) is 0 Å². The lowest BCUT2D eigenvalue weighted by molar-refractivity contribution is 0.415. The molecule has 1 aliphatic heterocycles. The largest absolute Gasteiger partial charge is 0.495 e. The second-order valence-electron chi connectivity index (χ2n) is 6.74. The minimum Gasteiger partial charge on any atom is -0.495 e. The van der Waals surface area contributed by atoms with Crippen molar-refractivity contribution in [2.75, 3.05) is 24.9 Å². The molecule has 1 heterocycles. The van der Waals surface area contributed by atoms with Gasteiger partial charge in [-0.05, 0) is 55.3 Å². The number of nitrogens with zero attached hydrogens (tertiary/aromatic N) is 1. The van der Waals surface area contributed by atoms with Crippen LogP contribution in [0.15, 0.2) is 52.3 Å². The number of methoxy groups -OCH3 is 1. The van der Waals surface area contributed by atoms with E-state index in [1.807, 2.05) is 0 Å². The molecule has 0 bridgehead atoms. The topological polar surface area (TPSA) is 92.8 Å². The number of halogens is 1. The smallest absolute Gasteiger partial charge is 0.262 e. The van der Waals surface area contributed by atoms with Crippen molar-refractivity contribution in [3.8, 4) is 5.75 Å². The average molecular weight is 443 g/mol. The highest BCUT2D eigenvalue weighted by Gasteiger charge is 2.27. The van der Waals surface area contributed by atoms with Crippen molar-refractivity contribution in [3.63, 3.8) is 0 Å². The summed E-state index contributed by atoms with van der Waals surface area (Å²) < 4.78 is 73.4. The first-order valence-electron chi connectivity index (χ1n) is 9.20. The molecule has 158 valence electrons. The molecule has 29 heavy (non-hydrogen) atoms. The van der Waals surface area contributed by atoms with Crippen molar-refractivity contribution in [2.45, 2.75) is 35.5 Å². The van der Waals surface area contributed by atoms with Gasteiger partial charge in [0.05, 0.1) is 22.6 Å². The molecule has 2 aromatic carbocycles. The van der Waals surface area contributed by atoms with Crippen LogP contribution >= 0.6 is 0 Å². The normalized spacial score (nSPS) is 16.2. The zero-order valence-corrected chi connectivity index (χ0v) is 17.6. The lowest BCUT2D eigenvalue weighted by Crippen LogP contribution is -2.32. The van der Waals surface area contributed by atoms with Crippen LogP contribution in [0.5, 0.6) is 5.75 Å². The Hall–Kier alpha value is -2.17. The first-order valence-corrected chi connectivity index (χ1v) is 12.1. The highest BCUT2D eigenvalue weighted by Crippen LogP contribution is 2.31. The van der Waals surface area contributed by atoms with Gasteiger partial charge >= 0.3 is 0 Å². The van der Waals surface area contributed by atoms with E-state index in [1.54, 1.807) is 0 Å². The third kappa shape index (κ3) is 4.88. The molecule has 10 heteroatoms. The molecule has 0 amide bonds. The van der Waals surface area contributed by atoms with Crippen LogP contribution in [0.4, 0.5) is 10.1 Å². The van der Waals surface area contributed by atoms with Gasteiger partial charge in [0.15, 0.2) is 0 Å². The Kier molecular flexibility index (Phi) is 6.45. The van der Waals surface area contributed by atoms with Gasteiger partial charge in [0.25, 0.3) is 10.0 Å². The minimum atomic E-state index is -4.06. The Bertz CT molecular complexity index is 1060. The fourth-order valence-electron chi connectivity index (χ4n) is 3.18. The predicted octanol–water partition coefficient (Wildman–Crippen LogP) is 3.20. The zero-order chi connectivity index (χ0) is 21.1. The van der Waals surface area contributed by atoms with Crippen molar-refractivity contribution in [1.29, 1.82) is 0 Å². The van der Waals surface area contributed by atoms with Crippen molar-refractivity contribution in [2.24, 2.45) is 0 Å². The summed E-state index contributed by atoms with van der Waals surface area (Å²) >= 11 is 0. The number of hydrogen-bond acceptors (Lipinski definition) is 5. The van der Waals surface area contributed by atoms with Crippen LogP contribution in [0.25, 0.3) is 0 Å². The van der Waals surface area contributed by atoms with Crippen LogP contribution < -0.4 is 9.46 Å². The molecule has 0 aromatic heterocycles. The van der Waals surface area contributed by atoms with Gasteiger partial charge in [-0.2, -0.15) is 4.31 Å². The van der Waals surface area contributed by atoms with Crippen molar-refractivity contribution >= 4 is 25.7 Å². The van der Waals surface area contributed by atoms with E-state index in [1.165, 1.54) is 29.6 Å². The van der Waals surface area contributed by atoms with Gasteiger partial charge < -0.3 is 4.74 Å². The maximum atomic E-state index is 13.1. The monoisotopic (exact) mass is 442 g/mol. The second kappa shape index (κ2) is 8.68. The molecular formula is C19H23FN2O5S2. The van der Waals surface area contributed by atoms with Gasteiger partial charge in [0.2, 0.25) is 10.0 Å². The maximum absolute atomic E-state index is 13.1. The number of ether oxygens (including phenoxy) is 1. The third-order valence-electron chi connectivity index (χ3n) is 4.74. The van der Waals surface area contributed by atoms with Gasteiger partial charge in [0, 0.05) is 13.1 Å². The van der Waals surface area contributed by atoms with Crippen LogP contribution in [-0.4, -0.2) is 41.3 Å². The Labute approximate surface area is 170 Å². The summed E-state index contributed by atoms with van der Waals surface area (Å²) in [7, 11) is -6.47. The van der Waals surface area contributed by atoms with Gasteiger partial charge in [-0.1, -0.05) is 12.8 Å². The minimum absolute atomic E-state index is 0.00674. The average Bonchev–Trinajstić information content (AvgIpc) is 2.98. The molecule has 1 fully saturated rings. The van der Waals surface area contributed by atoms with E-state index in [2.05, 4.69) is 4.72 Å². The number of nitrogens with one attached hydrogen (secondary N) is 1. The van der Waals surface area contributed by atoms with Crippen molar-refractivity contribution in [1.82, 2.24) is 4.31 Å². The van der Waals surface area contributed by atoms with Gasteiger partial charge in [-0.15, -0.1) is 0 Å². The number of sulfonamides is 2. The van der Waals surface area contributed by atoms with Crippen molar-refractivity contribution in [3.05, 3.63) is 48.3 Å². The predicted molar refractivity (Wildman–Crippen MR) is 107 cm³/mol. The first kappa shape index (κ1) is 21.5. The third-order valence-corrected chi connectivity index (χ3v) is 8.02. The summed E-state index contributed by atoms with van der Waals surface area (Å²) in [5, 5.41) is 0. The summed E-state index contributed by atoms with van der Waals surface area (Å²) in [5.74, 6) is -0.391. The van der Waals surface area contributed by atoms with Gasteiger partial charge in [0.1, 0.15) is 11.6 Å². The first-order chi connectivity index (χ1) is 13.7. The van der Waals surface area contributed by atoms with E-state index >= 15 is 0 Å². The fourth-order valence-corrected chi connectivity index (χ4v) is 5.78. The molecule has 1 aliphatic rings.